The second-order valence-corrected chi connectivity index (χ2v) is 9.24. The largest absolute Gasteiger partial charge is 0.573 e. The number of fused-ring (bicyclic) bond motifs is 2. The average Bonchev–Trinajstić information content (AvgIpc) is 3.37. The van der Waals surface area contributed by atoms with E-state index in [0.717, 1.165) is 6.07 Å². The lowest BCUT2D eigenvalue weighted by atomic mass is 10.0. The minimum atomic E-state index is -4.91. The lowest BCUT2D eigenvalue weighted by Crippen LogP contribution is -2.22. The van der Waals surface area contributed by atoms with Gasteiger partial charge in [0.05, 0.1) is 10.9 Å². The minimum absolute atomic E-state index is 0.0586. The number of carbonyl (C=O) groups is 1. The van der Waals surface area contributed by atoms with Gasteiger partial charge in [-0.2, -0.15) is 0 Å². The summed E-state index contributed by atoms with van der Waals surface area (Å²) in [6.07, 6.45) is -6.15. The third-order valence-corrected chi connectivity index (χ3v) is 6.45. The maximum absolute atomic E-state index is 14.9. The van der Waals surface area contributed by atoms with Crippen LogP contribution in [0, 0.1) is 12.7 Å². The Hall–Kier alpha value is -4.25. The molecule has 39 heavy (non-hydrogen) atoms. The Morgan fingerprint density at radius 2 is 1.85 bits per heavy atom. The molecule has 0 fully saturated rings. The number of hydrogen-bond acceptors (Lipinski definition) is 5. The smallest absolute Gasteiger partial charge is 0.479 e. The Labute approximate surface area is 223 Å². The van der Waals surface area contributed by atoms with Crippen LogP contribution in [0.3, 0.4) is 0 Å². The molecule has 0 spiro atoms. The van der Waals surface area contributed by atoms with Crippen LogP contribution in [0.1, 0.15) is 23.7 Å². The summed E-state index contributed by atoms with van der Waals surface area (Å²) in [6, 6.07) is 12.6. The number of benzene rings is 3. The fourth-order valence-corrected chi connectivity index (χ4v) is 4.58. The fraction of sp³-hybridized carbons (Fsp3) is 0.185. The monoisotopic (exact) mass is 562 g/mol. The van der Waals surface area contributed by atoms with Gasteiger partial charge in [-0.1, -0.05) is 16.8 Å². The van der Waals surface area contributed by atoms with Crippen molar-refractivity contribution < 1.29 is 41.5 Å². The summed E-state index contributed by atoms with van der Waals surface area (Å²) in [7, 11) is 0. The molecule has 202 valence electrons. The molecule has 12 heteroatoms. The summed E-state index contributed by atoms with van der Waals surface area (Å²) in [6.45, 7) is 3.06. The van der Waals surface area contributed by atoms with Crippen LogP contribution in [0.25, 0.3) is 27.7 Å². The third-order valence-electron chi connectivity index (χ3n) is 6.21. The SMILES string of the molecule is Cc1c(Cc2cc(O[C@H](C)C(=O)O)ccc2F)c2cc(OC(F)(F)F)ccc2n1-c1noc2cc(Cl)ccc12. The molecule has 3 aromatic carbocycles. The molecule has 0 aliphatic rings. The molecule has 7 nitrogen and oxygen atoms in total. The van der Waals surface area contributed by atoms with Gasteiger partial charge in [-0.25, -0.2) is 9.18 Å². The van der Waals surface area contributed by atoms with E-state index >= 15 is 0 Å². The second-order valence-electron chi connectivity index (χ2n) is 8.80. The molecule has 0 saturated heterocycles. The summed E-state index contributed by atoms with van der Waals surface area (Å²) in [5.74, 6) is -1.75. The summed E-state index contributed by atoms with van der Waals surface area (Å²) < 4.78 is 70.6. The number of halogens is 5. The zero-order valence-corrected chi connectivity index (χ0v) is 21.1. The maximum Gasteiger partial charge on any atom is 0.573 e. The van der Waals surface area contributed by atoms with Gasteiger partial charge in [0.15, 0.2) is 17.5 Å². The molecule has 0 radical (unpaired) electrons. The van der Waals surface area contributed by atoms with Crippen LogP contribution in [-0.4, -0.2) is 33.3 Å². The van der Waals surface area contributed by atoms with Crippen molar-refractivity contribution >= 4 is 39.4 Å². The molecule has 2 heterocycles. The van der Waals surface area contributed by atoms with Crippen molar-refractivity contribution in [3.8, 4) is 17.3 Å². The number of carboxylic acid groups (broad SMARTS) is 1. The molecule has 5 aromatic rings. The Balaban J connectivity index is 1.68. The number of ether oxygens (including phenoxy) is 2. The highest BCUT2D eigenvalue weighted by atomic mass is 35.5. The van der Waals surface area contributed by atoms with Gasteiger partial charge < -0.3 is 19.1 Å². The van der Waals surface area contributed by atoms with E-state index in [-0.39, 0.29) is 17.7 Å². The van der Waals surface area contributed by atoms with Gasteiger partial charge >= 0.3 is 12.3 Å². The van der Waals surface area contributed by atoms with Crippen LogP contribution in [0.2, 0.25) is 5.02 Å². The van der Waals surface area contributed by atoms with Crippen molar-refractivity contribution in [1.82, 2.24) is 9.72 Å². The minimum Gasteiger partial charge on any atom is -0.479 e. The van der Waals surface area contributed by atoms with Crippen molar-refractivity contribution in [2.45, 2.75) is 32.7 Å². The maximum atomic E-state index is 14.9. The van der Waals surface area contributed by atoms with E-state index in [2.05, 4.69) is 9.89 Å². The van der Waals surface area contributed by atoms with E-state index in [9.17, 15) is 22.4 Å². The predicted octanol–water partition coefficient (Wildman–Crippen LogP) is 7.21. The van der Waals surface area contributed by atoms with Crippen molar-refractivity contribution in [3.05, 3.63) is 82.3 Å². The van der Waals surface area contributed by atoms with Gasteiger partial charge in [0.2, 0.25) is 0 Å². The first kappa shape index (κ1) is 26.4. The molecular formula is C27H19ClF4N2O5. The number of aliphatic carboxylic acids is 1. The van der Waals surface area contributed by atoms with E-state index in [1.807, 2.05) is 0 Å². The van der Waals surface area contributed by atoms with Gasteiger partial charge in [0.1, 0.15) is 17.3 Å². The molecule has 2 aromatic heterocycles. The molecular weight excluding hydrogens is 544 g/mol. The molecule has 5 rings (SSSR count). The zero-order valence-electron chi connectivity index (χ0n) is 20.3. The normalized spacial score (nSPS) is 12.7. The lowest BCUT2D eigenvalue weighted by Gasteiger charge is -2.12. The van der Waals surface area contributed by atoms with Gasteiger partial charge in [0.25, 0.3) is 0 Å². The number of rotatable bonds is 7. The Morgan fingerprint density at radius 3 is 2.56 bits per heavy atom. The van der Waals surface area contributed by atoms with E-state index in [1.165, 1.54) is 37.3 Å². The highest BCUT2D eigenvalue weighted by molar-refractivity contribution is 6.31. The quantitative estimate of drug-likeness (QED) is 0.211. The van der Waals surface area contributed by atoms with E-state index < -0.39 is 30.0 Å². The van der Waals surface area contributed by atoms with Crippen molar-refractivity contribution in [3.63, 3.8) is 0 Å². The molecule has 0 saturated carbocycles. The lowest BCUT2D eigenvalue weighted by molar-refractivity contribution is -0.274. The van der Waals surface area contributed by atoms with Gasteiger partial charge in [-0.05, 0) is 73.5 Å². The second kappa shape index (κ2) is 9.81. The Morgan fingerprint density at radius 1 is 1.10 bits per heavy atom. The first-order chi connectivity index (χ1) is 18.4. The van der Waals surface area contributed by atoms with E-state index in [4.69, 9.17) is 26.0 Å². The average molecular weight is 563 g/mol. The van der Waals surface area contributed by atoms with Crippen LogP contribution in [-0.2, 0) is 11.2 Å². The van der Waals surface area contributed by atoms with Crippen LogP contribution < -0.4 is 9.47 Å². The Bertz CT molecular complexity index is 1730. The van der Waals surface area contributed by atoms with Crippen LogP contribution >= 0.6 is 11.6 Å². The van der Waals surface area contributed by atoms with Gasteiger partial charge in [-0.3, -0.25) is 4.57 Å². The predicted molar refractivity (Wildman–Crippen MR) is 134 cm³/mol. The first-order valence-corrected chi connectivity index (χ1v) is 11.9. The van der Waals surface area contributed by atoms with Gasteiger partial charge in [-0.15, -0.1) is 13.2 Å². The molecule has 0 unspecified atom stereocenters. The van der Waals surface area contributed by atoms with Crippen LogP contribution in [0.5, 0.6) is 11.5 Å². The Kier molecular flexibility index (Phi) is 6.63. The van der Waals surface area contributed by atoms with E-state index in [0.29, 0.717) is 44.0 Å². The standard InChI is InChI=1S/C27H19ClF4N2O5/c1-13-20(10-15-9-17(4-7-22(15)29)37-14(2)26(35)36)21-12-18(38-27(30,31)32)5-8-23(21)34(13)25-19-6-3-16(28)11-24(19)39-33-25/h3-9,11-12,14H,10H2,1-2H3,(H,35,36)/t14-/m1/s1. The molecule has 0 aliphatic carbocycles. The van der Waals surface area contributed by atoms with Crippen LogP contribution in [0.15, 0.2) is 59.1 Å². The number of alkyl halides is 3. The highest BCUT2D eigenvalue weighted by Gasteiger charge is 2.31. The number of nitrogens with zero attached hydrogens (tertiary/aromatic N) is 2. The molecule has 0 amide bonds. The number of aromatic nitrogens is 2. The molecule has 0 aliphatic heterocycles. The summed E-state index contributed by atoms with van der Waals surface area (Å²) >= 11 is 6.06. The van der Waals surface area contributed by atoms with Crippen LogP contribution in [0.4, 0.5) is 17.6 Å². The summed E-state index contributed by atoms with van der Waals surface area (Å²) in [5.41, 5.74) is 2.08. The molecule has 1 N–H and O–H groups in total. The van der Waals surface area contributed by atoms with Crippen molar-refractivity contribution in [2.24, 2.45) is 0 Å². The van der Waals surface area contributed by atoms with Gasteiger partial charge in [0, 0.05) is 28.6 Å². The summed E-state index contributed by atoms with van der Waals surface area (Å²) in [5, 5.41) is 14.7. The third kappa shape index (κ3) is 5.22. The molecule has 1 atom stereocenters. The molecule has 0 bridgehead atoms. The van der Waals surface area contributed by atoms with Crippen molar-refractivity contribution in [1.29, 1.82) is 0 Å². The topological polar surface area (TPSA) is 86.7 Å². The number of carboxylic acids is 1. The van der Waals surface area contributed by atoms with Crippen molar-refractivity contribution in [2.75, 3.05) is 0 Å². The highest BCUT2D eigenvalue weighted by Crippen LogP contribution is 2.37. The summed E-state index contributed by atoms with van der Waals surface area (Å²) in [4.78, 5) is 11.2. The first-order valence-electron chi connectivity index (χ1n) is 11.5. The number of hydrogen-bond donors (Lipinski definition) is 1. The zero-order chi connectivity index (χ0) is 28.1. The van der Waals surface area contributed by atoms with E-state index in [1.54, 1.807) is 29.7 Å². The fourth-order valence-electron chi connectivity index (χ4n) is 4.42.